The van der Waals surface area contributed by atoms with Crippen LogP contribution in [0, 0.1) is 0 Å². The van der Waals surface area contributed by atoms with Gasteiger partial charge in [-0.15, -0.1) is 0 Å². The topological polar surface area (TPSA) is 84.9 Å². The fourth-order valence-corrected chi connectivity index (χ4v) is 3.79. The summed E-state index contributed by atoms with van der Waals surface area (Å²) in [6, 6.07) is 12.1. The fourth-order valence-electron chi connectivity index (χ4n) is 3.79. The van der Waals surface area contributed by atoms with E-state index in [-0.39, 0.29) is 35.9 Å². The molecule has 2 aliphatic heterocycles. The van der Waals surface area contributed by atoms with Crippen LogP contribution in [0.3, 0.4) is 0 Å². The minimum Gasteiger partial charge on any atom is -0.494 e. The summed E-state index contributed by atoms with van der Waals surface area (Å²) in [5.74, 6) is -0.260. The Bertz CT molecular complexity index is 981. The maximum Gasteiger partial charge on any atom is 0.261 e. The molecule has 2 aromatic rings. The van der Waals surface area contributed by atoms with Crippen molar-refractivity contribution < 1.29 is 23.9 Å². The Hall–Kier alpha value is -3.19. The van der Waals surface area contributed by atoms with Gasteiger partial charge in [-0.25, -0.2) is 0 Å². The molecular formula is C23H24N2O5. The predicted octanol–water partition coefficient (Wildman–Crippen LogP) is 2.79. The molecule has 0 bridgehead atoms. The zero-order valence-corrected chi connectivity index (χ0v) is 16.8. The summed E-state index contributed by atoms with van der Waals surface area (Å²) in [4.78, 5) is 39.2. The lowest BCUT2D eigenvalue weighted by atomic mass is 10.1. The normalized spacial score (nSPS) is 17.9. The van der Waals surface area contributed by atoms with Crippen LogP contribution in [0.25, 0.3) is 0 Å². The van der Waals surface area contributed by atoms with Crippen molar-refractivity contribution in [2.45, 2.75) is 32.4 Å². The summed E-state index contributed by atoms with van der Waals surface area (Å²) >= 11 is 0. The van der Waals surface area contributed by atoms with E-state index in [2.05, 4.69) is 5.32 Å². The quantitative estimate of drug-likeness (QED) is 0.712. The van der Waals surface area contributed by atoms with Gasteiger partial charge in [0.25, 0.3) is 17.7 Å². The van der Waals surface area contributed by atoms with Crippen LogP contribution in [-0.4, -0.2) is 48.5 Å². The third kappa shape index (κ3) is 4.07. The van der Waals surface area contributed by atoms with Crippen LogP contribution < -0.4 is 10.1 Å². The standard InChI is InChI=1S/C23H24N2O5/c1-2-29-17-6-3-5-15(11-17)13-24-21(26)16-8-9-19-20(12-16)23(28)25(22(19)27)14-18-7-4-10-30-18/h3,5-6,8-9,11-12,18H,2,4,7,10,13-14H2,1H3,(H,24,26). The molecule has 2 heterocycles. The van der Waals surface area contributed by atoms with Crippen molar-refractivity contribution in [1.29, 1.82) is 0 Å². The molecule has 4 rings (SSSR count). The third-order valence-corrected chi connectivity index (χ3v) is 5.31. The molecule has 2 aliphatic rings. The van der Waals surface area contributed by atoms with Crippen molar-refractivity contribution in [3.63, 3.8) is 0 Å². The van der Waals surface area contributed by atoms with Crippen LogP contribution in [0.4, 0.5) is 0 Å². The van der Waals surface area contributed by atoms with Gasteiger partial charge in [0.05, 0.1) is 30.4 Å². The Morgan fingerprint density at radius 1 is 1.17 bits per heavy atom. The number of amides is 3. The Balaban J connectivity index is 1.43. The first-order valence-electron chi connectivity index (χ1n) is 10.2. The number of fused-ring (bicyclic) bond motifs is 1. The number of hydrogen-bond acceptors (Lipinski definition) is 5. The average molecular weight is 408 g/mol. The lowest BCUT2D eigenvalue weighted by Gasteiger charge is -2.17. The molecule has 1 atom stereocenters. The van der Waals surface area contributed by atoms with E-state index in [1.807, 2.05) is 31.2 Å². The van der Waals surface area contributed by atoms with Gasteiger partial charge in [-0.2, -0.15) is 0 Å². The van der Waals surface area contributed by atoms with Gasteiger partial charge in [-0.1, -0.05) is 12.1 Å². The van der Waals surface area contributed by atoms with Gasteiger partial charge in [-0.3, -0.25) is 19.3 Å². The van der Waals surface area contributed by atoms with E-state index >= 15 is 0 Å². The number of benzene rings is 2. The number of rotatable bonds is 7. The summed E-state index contributed by atoms with van der Waals surface area (Å²) < 4.78 is 11.0. The van der Waals surface area contributed by atoms with Crippen molar-refractivity contribution in [1.82, 2.24) is 10.2 Å². The molecule has 1 N–H and O–H groups in total. The highest BCUT2D eigenvalue weighted by Crippen LogP contribution is 2.26. The van der Waals surface area contributed by atoms with Crippen LogP contribution >= 0.6 is 0 Å². The highest BCUT2D eigenvalue weighted by molar-refractivity contribution is 6.22. The second kappa shape index (κ2) is 8.67. The molecule has 30 heavy (non-hydrogen) atoms. The lowest BCUT2D eigenvalue weighted by Crippen LogP contribution is -2.36. The van der Waals surface area contributed by atoms with E-state index in [4.69, 9.17) is 9.47 Å². The molecule has 0 spiro atoms. The van der Waals surface area contributed by atoms with Gasteiger partial charge in [0.2, 0.25) is 0 Å². The Labute approximate surface area is 175 Å². The van der Waals surface area contributed by atoms with Gasteiger partial charge in [0.1, 0.15) is 5.75 Å². The molecule has 0 saturated carbocycles. The molecule has 0 radical (unpaired) electrons. The number of imide groups is 1. The average Bonchev–Trinajstić information content (AvgIpc) is 3.35. The number of nitrogens with one attached hydrogen (secondary N) is 1. The maximum atomic E-state index is 12.8. The number of hydrogen-bond donors (Lipinski definition) is 1. The van der Waals surface area contributed by atoms with Crippen LogP contribution in [0.15, 0.2) is 42.5 Å². The summed E-state index contributed by atoms with van der Waals surface area (Å²) in [5, 5.41) is 2.85. The highest BCUT2D eigenvalue weighted by Gasteiger charge is 2.37. The second-order valence-electron chi connectivity index (χ2n) is 7.38. The monoisotopic (exact) mass is 408 g/mol. The molecule has 156 valence electrons. The van der Waals surface area contributed by atoms with Gasteiger partial charge in [0.15, 0.2) is 0 Å². The van der Waals surface area contributed by atoms with Crippen LogP contribution in [0.5, 0.6) is 5.75 Å². The van der Waals surface area contributed by atoms with Crippen molar-refractivity contribution >= 4 is 17.7 Å². The Morgan fingerprint density at radius 2 is 2.00 bits per heavy atom. The number of carbonyl (C=O) groups excluding carboxylic acids is 3. The van der Waals surface area contributed by atoms with Crippen LogP contribution in [0.2, 0.25) is 0 Å². The zero-order valence-electron chi connectivity index (χ0n) is 16.8. The fraction of sp³-hybridized carbons (Fsp3) is 0.348. The van der Waals surface area contributed by atoms with Crippen molar-refractivity contribution in [2.24, 2.45) is 0 Å². The van der Waals surface area contributed by atoms with Gasteiger partial charge < -0.3 is 14.8 Å². The lowest BCUT2D eigenvalue weighted by molar-refractivity contribution is 0.0475. The minimum absolute atomic E-state index is 0.109. The minimum atomic E-state index is -0.371. The zero-order chi connectivity index (χ0) is 21.1. The molecule has 3 amide bonds. The van der Waals surface area contributed by atoms with Gasteiger partial charge in [0, 0.05) is 18.7 Å². The van der Waals surface area contributed by atoms with E-state index in [0.29, 0.717) is 30.9 Å². The van der Waals surface area contributed by atoms with Crippen molar-refractivity contribution in [3.8, 4) is 5.75 Å². The molecule has 7 nitrogen and oxygen atoms in total. The van der Waals surface area contributed by atoms with Gasteiger partial charge >= 0.3 is 0 Å². The summed E-state index contributed by atoms with van der Waals surface area (Å²) in [6.07, 6.45) is 1.67. The first-order chi connectivity index (χ1) is 14.6. The van der Waals surface area contributed by atoms with E-state index in [0.717, 1.165) is 24.2 Å². The van der Waals surface area contributed by atoms with E-state index in [9.17, 15) is 14.4 Å². The van der Waals surface area contributed by atoms with Crippen molar-refractivity contribution in [2.75, 3.05) is 19.8 Å². The molecule has 0 aliphatic carbocycles. The second-order valence-corrected chi connectivity index (χ2v) is 7.38. The Kier molecular flexibility index (Phi) is 5.81. The third-order valence-electron chi connectivity index (χ3n) is 5.31. The van der Waals surface area contributed by atoms with Crippen molar-refractivity contribution in [3.05, 3.63) is 64.7 Å². The van der Waals surface area contributed by atoms with Gasteiger partial charge in [-0.05, 0) is 55.7 Å². The number of carbonyl (C=O) groups is 3. The SMILES string of the molecule is CCOc1cccc(CNC(=O)c2ccc3c(c2)C(=O)N(CC2CCCO2)C3=O)c1. The van der Waals surface area contributed by atoms with Crippen LogP contribution in [0.1, 0.15) is 56.4 Å². The number of nitrogens with zero attached hydrogens (tertiary/aromatic N) is 1. The first kappa shape index (κ1) is 20.1. The molecule has 0 aromatic heterocycles. The van der Waals surface area contributed by atoms with E-state index in [1.54, 1.807) is 12.1 Å². The molecule has 7 heteroatoms. The van der Waals surface area contributed by atoms with E-state index < -0.39 is 0 Å². The van der Waals surface area contributed by atoms with Crippen LogP contribution in [-0.2, 0) is 11.3 Å². The highest BCUT2D eigenvalue weighted by atomic mass is 16.5. The molecule has 2 aromatic carbocycles. The summed E-state index contributed by atoms with van der Waals surface area (Å²) in [7, 11) is 0. The summed E-state index contributed by atoms with van der Waals surface area (Å²) in [5.41, 5.74) is 1.85. The smallest absolute Gasteiger partial charge is 0.261 e. The van der Waals surface area contributed by atoms with E-state index in [1.165, 1.54) is 11.0 Å². The summed E-state index contributed by atoms with van der Waals surface area (Å²) in [6.45, 7) is 3.72. The molecule has 1 unspecified atom stereocenters. The maximum absolute atomic E-state index is 12.8. The molecule has 1 saturated heterocycles. The largest absolute Gasteiger partial charge is 0.494 e. The first-order valence-corrected chi connectivity index (χ1v) is 10.2. The molecular weight excluding hydrogens is 384 g/mol. The Morgan fingerprint density at radius 3 is 2.77 bits per heavy atom. The predicted molar refractivity (Wildman–Crippen MR) is 110 cm³/mol. The molecule has 1 fully saturated rings. The number of ether oxygens (including phenoxy) is 2.